The Kier molecular flexibility index (Phi) is 9.73. The highest BCUT2D eigenvalue weighted by Crippen LogP contribution is 2.20. The van der Waals surface area contributed by atoms with Crippen molar-refractivity contribution in [3.63, 3.8) is 0 Å². The molecule has 3 nitrogen and oxygen atoms in total. The zero-order chi connectivity index (χ0) is 15.5. The van der Waals surface area contributed by atoms with E-state index in [0.29, 0.717) is 11.5 Å². The first kappa shape index (κ1) is 18.7. The van der Waals surface area contributed by atoms with E-state index in [4.69, 9.17) is 5.11 Å². The van der Waals surface area contributed by atoms with Crippen LogP contribution in [0.25, 0.3) is 0 Å². The highest BCUT2D eigenvalue weighted by molar-refractivity contribution is 5.95. The molecule has 1 aliphatic rings. The predicted octanol–water partition coefficient (Wildman–Crippen LogP) is 3.32. The van der Waals surface area contributed by atoms with Crippen LogP contribution in [0.1, 0.15) is 40.5 Å². The monoisotopic (exact) mass is 279 g/mol. The van der Waals surface area contributed by atoms with Gasteiger partial charge in [-0.3, -0.25) is 4.79 Å². The van der Waals surface area contributed by atoms with E-state index in [1.807, 2.05) is 32.9 Å². The third kappa shape index (κ3) is 6.20. The van der Waals surface area contributed by atoms with Gasteiger partial charge in [-0.05, 0) is 44.8 Å². The van der Waals surface area contributed by atoms with E-state index in [9.17, 15) is 4.79 Å². The summed E-state index contributed by atoms with van der Waals surface area (Å²) < 4.78 is 0. The zero-order valence-corrected chi connectivity index (χ0v) is 13.4. The van der Waals surface area contributed by atoms with E-state index in [0.717, 1.165) is 31.6 Å². The third-order valence-electron chi connectivity index (χ3n) is 3.44. The number of aliphatic hydroxyl groups excluding tert-OH is 1. The van der Waals surface area contributed by atoms with Gasteiger partial charge in [0.25, 0.3) is 0 Å². The maximum atomic E-state index is 11.1. The van der Waals surface area contributed by atoms with Crippen molar-refractivity contribution in [3.05, 3.63) is 36.1 Å². The molecule has 0 atom stereocenters. The molecule has 0 radical (unpaired) electrons. The molecule has 20 heavy (non-hydrogen) atoms. The average molecular weight is 279 g/mol. The molecule has 0 unspecified atom stereocenters. The molecule has 1 N–H and O–H groups in total. The van der Waals surface area contributed by atoms with Gasteiger partial charge in [-0.2, -0.15) is 0 Å². The van der Waals surface area contributed by atoms with Gasteiger partial charge in [0.2, 0.25) is 0 Å². The van der Waals surface area contributed by atoms with Crippen LogP contribution in [0.4, 0.5) is 0 Å². The van der Waals surface area contributed by atoms with E-state index in [1.165, 1.54) is 6.92 Å². The lowest BCUT2D eigenvalue weighted by atomic mass is 9.97. The molecule has 1 heterocycles. The smallest absolute Gasteiger partial charge is 0.159 e. The summed E-state index contributed by atoms with van der Waals surface area (Å²) in [6.07, 6.45) is 7.81. The Bertz CT molecular complexity index is 361. The Hall–Kier alpha value is -1.35. The van der Waals surface area contributed by atoms with Crippen LogP contribution in [-0.2, 0) is 4.79 Å². The van der Waals surface area contributed by atoms with Crippen molar-refractivity contribution in [2.24, 2.45) is 5.92 Å². The van der Waals surface area contributed by atoms with Gasteiger partial charge in [-0.1, -0.05) is 26.5 Å². The SMILES string of the molecule is C=C(/C=C\C(=C/C)N1CCC(CO)CC1)C(C)=O.CC. The fraction of sp³-hybridized carbons (Fsp3) is 0.588. The number of carbonyl (C=O) groups excluding carboxylic acids is 1. The Morgan fingerprint density at radius 3 is 2.25 bits per heavy atom. The first-order chi connectivity index (χ1) is 9.58. The Labute approximate surface area is 123 Å². The molecule has 0 amide bonds. The Morgan fingerprint density at radius 2 is 1.85 bits per heavy atom. The second-order valence-corrected chi connectivity index (χ2v) is 4.74. The number of piperidine rings is 1. The number of hydrogen-bond acceptors (Lipinski definition) is 3. The highest BCUT2D eigenvalue weighted by Gasteiger charge is 2.18. The van der Waals surface area contributed by atoms with Crippen molar-refractivity contribution in [3.8, 4) is 0 Å². The summed E-state index contributed by atoms with van der Waals surface area (Å²) in [5, 5.41) is 9.11. The van der Waals surface area contributed by atoms with Crippen LogP contribution in [0, 0.1) is 5.92 Å². The minimum absolute atomic E-state index is 0.000641. The van der Waals surface area contributed by atoms with Crippen LogP contribution in [0.2, 0.25) is 0 Å². The summed E-state index contributed by atoms with van der Waals surface area (Å²) >= 11 is 0. The standard InChI is InChI=1S/C15H23NO2.C2H6/c1-4-15(6-5-12(2)13(3)18)16-9-7-14(11-17)8-10-16;1-2/h4-6,14,17H,2,7-11H2,1,3H3;1-2H3/b6-5-,15-4+;. The molecule has 0 aliphatic carbocycles. The van der Waals surface area contributed by atoms with Crippen LogP contribution >= 0.6 is 0 Å². The first-order valence-corrected chi connectivity index (χ1v) is 7.48. The van der Waals surface area contributed by atoms with Gasteiger partial charge in [0.05, 0.1) is 0 Å². The summed E-state index contributed by atoms with van der Waals surface area (Å²) in [7, 11) is 0. The summed E-state index contributed by atoms with van der Waals surface area (Å²) in [4.78, 5) is 13.4. The quantitative estimate of drug-likeness (QED) is 0.620. The predicted molar refractivity (Wildman–Crippen MR) is 85.4 cm³/mol. The molecule has 0 aromatic carbocycles. The van der Waals surface area contributed by atoms with Crippen molar-refractivity contribution >= 4 is 5.78 Å². The lowest BCUT2D eigenvalue weighted by molar-refractivity contribution is -0.113. The fourth-order valence-electron chi connectivity index (χ4n) is 2.06. The second kappa shape index (κ2) is 10.4. The van der Waals surface area contributed by atoms with Gasteiger partial charge in [0, 0.05) is 31.0 Å². The van der Waals surface area contributed by atoms with Crippen molar-refractivity contribution in [1.29, 1.82) is 0 Å². The topological polar surface area (TPSA) is 40.5 Å². The van der Waals surface area contributed by atoms with E-state index in [1.54, 1.807) is 6.08 Å². The van der Waals surface area contributed by atoms with E-state index in [2.05, 4.69) is 11.5 Å². The normalized spacial score (nSPS) is 16.9. The van der Waals surface area contributed by atoms with E-state index in [-0.39, 0.29) is 12.4 Å². The zero-order valence-electron chi connectivity index (χ0n) is 13.4. The number of nitrogens with zero attached hydrogens (tertiary/aromatic N) is 1. The number of allylic oxidation sites excluding steroid dienone is 4. The molecular weight excluding hydrogens is 250 g/mol. The number of ketones is 1. The van der Waals surface area contributed by atoms with Crippen molar-refractivity contribution in [2.45, 2.75) is 40.5 Å². The Balaban J connectivity index is 0.00000172. The van der Waals surface area contributed by atoms with Crippen LogP contribution in [0.15, 0.2) is 36.1 Å². The van der Waals surface area contributed by atoms with Gasteiger partial charge in [-0.15, -0.1) is 0 Å². The number of aliphatic hydroxyl groups is 1. The average Bonchev–Trinajstić information content (AvgIpc) is 2.50. The van der Waals surface area contributed by atoms with Crippen molar-refractivity contribution in [2.75, 3.05) is 19.7 Å². The van der Waals surface area contributed by atoms with Gasteiger partial charge in [0.1, 0.15) is 0 Å². The van der Waals surface area contributed by atoms with E-state index >= 15 is 0 Å². The van der Waals surface area contributed by atoms with Crippen molar-refractivity contribution in [1.82, 2.24) is 4.90 Å². The van der Waals surface area contributed by atoms with Gasteiger partial charge < -0.3 is 10.0 Å². The summed E-state index contributed by atoms with van der Waals surface area (Å²) in [5.41, 5.74) is 1.65. The lowest BCUT2D eigenvalue weighted by Gasteiger charge is -2.33. The number of carbonyl (C=O) groups is 1. The van der Waals surface area contributed by atoms with Crippen molar-refractivity contribution < 1.29 is 9.90 Å². The molecule has 0 aromatic heterocycles. The van der Waals surface area contributed by atoms with Crippen LogP contribution < -0.4 is 0 Å². The molecule has 1 saturated heterocycles. The first-order valence-electron chi connectivity index (χ1n) is 7.48. The molecule has 114 valence electrons. The molecule has 0 spiro atoms. The minimum Gasteiger partial charge on any atom is -0.396 e. The summed E-state index contributed by atoms with van der Waals surface area (Å²) in [5.74, 6) is 0.441. The lowest BCUT2D eigenvalue weighted by Crippen LogP contribution is -2.33. The second-order valence-electron chi connectivity index (χ2n) is 4.74. The number of likely N-dealkylation sites (tertiary alicyclic amines) is 1. The largest absolute Gasteiger partial charge is 0.396 e. The van der Waals surface area contributed by atoms with E-state index < -0.39 is 0 Å². The highest BCUT2D eigenvalue weighted by atomic mass is 16.3. The molecule has 3 heteroatoms. The molecule has 1 aliphatic heterocycles. The number of Topliss-reactive ketones (excluding diaryl/α,β-unsaturated/α-hetero) is 1. The molecule has 1 fully saturated rings. The molecule has 0 aromatic rings. The van der Waals surface area contributed by atoms with Crippen LogP contribution in [0.5, 0.6) is 0 Å². The third-order valence-corrected chi connectivity index (χ3v) is 3.44. The number of hydrogen-bond donors (Lipinski definition) is 1. The van der Waals surface area contributed by atoms with Gasteiger partial charge in [-0.25, -0.2) is 0 Å². The van der Waals surface area contributed by atoms with Gasteiger partial charge >= 0.3 is 0 Å². The fourth-order valence-corrected chi connectivity index (χ4v) is 2.06. The van der Waals surface area contributed by atoms with Crippen LogP contribution in [-0.4, -0.2) is 35.5 Å². The number of rotatable bonds is 5. The minimum atomic E-state index is 0.000641. The Morgan fingerprint density at radius 1 is 1.30 bits per heavy atom. The molecular formula is C17H29NO2. The molecule has 0 saturated carbocycles. The maximum absolute atomic E-state index is 11.1. The molecule has 0 bridgehead atoms. The molecule has 1 rings (SSSR count). The van der Waals surface area contributed by atoms with Gasteiger partial charge in [0.15, 0.2) is 5.78 Å². The summed E-state index contributed by atoms with van der Waals surface area (Å²) in [6.45, 7) is 13.4. The maximum Gasteiger partial charge on any atom is 0.159 e. The van der Waals surface area contributed by atoms with Crippen LogP contribution in [0.3, 0.4) is 0 Å². The summed E-state index contributed by atoms with van der Waals surface area (Å²) in [6, 6.07) is 0.